The Morgan fingerprint density at radius 1 is 0.848 bits per heavy atom. The molecule has 0 spiro atoms. The standard InChI is InChI=1S/C32H34S/c1-2-10-21(11-3-1)31-25-13-4-6-15-27(25)32(28-16-7-5-14-26(28)31)22-18-19-24-23-12-8-9-17-29(23)33-30(24)20-22/h1-4,8,10-14,22,25,28,31H,5-7,9,15-20H2. The average Bonchev–Trinajstić information content (AvgIpc) is 3.25. The second-order valence-electron chi connectivity index (χ2n) is 10.8. The van der Waals surface area contributed by atoms with Crippen molar-refractivity contribution < 1.29 is 0 Å². The molecular formula is C32H34S. The van der Waals surface area contributed by atoms with Crippen LogP contribution < -0.4 is 0 Å². The van der Waals surface area contributed by atoms with Gasteiger partial charge in [-0.05, 0) is 86.8 Å². The van der Waals surface area contributed by atoms with Gasteiger partial charge in [0.05, 0.1) is 0 Å². The molecule has 0 bridgehead atoms. The Morgan fingerprint density at radius 3 is 2.70 bits per heavy atom. The molecule has 1 aromatic carbocycles. The molecule has 0 N–H and O–H groups in total. The number of aryl methyl sites for hydroxylation is 1. The van der Waals surface area contributed by atoms with Gasteiger partial charge in [0.1, 0.15) is 0 Å². The fourth-order valence-electron chi connectivity index (χ4n) is 7.76. The van der Waals surface area contributed by atoms with Gasteiger partial charge in [-0.2, -0.15) is 0 Å². The van der Waals surface area contributed by atoms with E-state index >= 15 is 0 Å². The largest absolute Gasteiger partial charge is 0.144 e. The van der Waals surface area contributed by atoms with Crippen LogP contribution in [0.3, 0.4) is 0 Å². The number of benzene rings is 1. The van der Waals surface area contributed by atoms with Crippen molar-refractivity contribution in [3.63, 3.8) is 0 Å². The first-order valence-corrected chi connectivity index (χ1v) is 14.1. The first-order valence-electron chi connectivity index (χ1n) is 13.3. The van der Waals surface area contributed by atoms with Crippen LogP contribution in [0.15, 0.2) is 71.4 Å². The van der Waals surface area contributed by atoms with E-state index in [4.69, 9.17) is 0 Å². The van der Waals surface area contributed by atoms with Crippen molar-refractivity contribution >= 4 is 17.4 Å². The monoisotopic (exact) mass is 450 g/mol. The summed E-state index contributed by atoms with van der Waals surface area (Å²) in [7, 11) is 0. The summed E-state index contributed by atoms with van der Waals surface area (Å²) in [6.45, 7) is 0. The molecule has 0 radical (unpaired) electrons. The highest BCUT2D eigenvalue weighted by molar-refractivity contribution is 7.12. The first-order chi connectivity index (χ1) is 16.4. The summed E-state index contributed by atoms with van der Waals surface area (Å²) >= 11 is 2.16. The third kappa shape index (κ3) is 3.30. The molecule has 7 rings (SSSR count). The van der Waals surface area contributed by atoms with E-state index in [0.717, 1.165) is 5.92 Å². The lowest BCUT2D eigenvalue weighted by Crippen LogP contribution is -2.35. The van der Waals surface area contributed by atoms with Crippen LogP contribution in [0, 0.1) is 17.8 Å². The fraction of sp³-hybridized carbons (Fsp3) is 0.438. The lowest BCUT2D eigenvalue weighted by Gasteiger charge is -2.47. The van der Waals surface area contributed by atoms with E-state index in [1.165, 1.54) is 69.8 Å². The molecule has 4 unspecified atom stereocenters. The maximum atomic E-state index is 2.66. The van der Waals surface area contributed by atoms with Crippen LogP contribution in [-0.2, 0) is 19.3 Å². The molecular weight excluding hydrogens is 416 g/mol. The summed E-state index contributed by atoms with van der Waals surface area (Å²) in [6, 6.07) is 11.4. The minimum absolute atomic E-state index is 0.560. The number of hydrogen-bond donors (Lipinski definition) is 0. The summed E-state index contributed by atoms with van der Waals surface area (Å²) in [5.74, 6) is 2.60. The van der Waals surface area contributed by atoms with E-state index in [-0.39, 0.29) is 0 Å². The van der Waals surface area contributed by atoms with E-state index in [1.807, 2.05) is 11.1 Å². The van der Waals surface area contributed by atoms with Crippen LogP contribution in [0.5, 0.6) is 0 Å². The number of fused-ring (bicyclic) bond motifs is 5. The van der Waals surface area contributed by atoms with Gasteiger partial charge in [-0.1, -0.05) is 77.4 Å². The van der Waals surface area contributed by atoms with E-state index in [9.17, 15) is 0 Å². The van der Waals surface area contributed by atoms with Crippen molar-refractivity contribution in [1.82, 2.24) is 0 Å². The van der Waals surface area contributed by atoms with Crippen LogP contribution in [0.1, 0.15) is 77.3 Å². The van der Waals surface area contributed by atoms with Crippen LogP contribution in [0.4, 0.5) is 0 Å². The van der Waals surface area contributed by atoms with Gasteiger partial charge in [0.25, 0.3) is 0 Å². The van der Waals surface area contributed by atoms with Crippen molar-refractivity contribution in [2.24, 2.45) is 17.8 Å². The Balaban J connectivity index is 1.33. The molecule has 4 atom stereocenters. The van der Waals surface area contributed by atoms with E-state index in [1.54, 1.807) is 26.5 Å². The Kier molecular flexibility index (Phi) is 5.08. The van der Waals surface area contributed by atoms with E-state index < -0.39 is 0 Å². The molecule has 0 saturated heterocycles. The van der Waals surface area contributed by atoms with Gasteiger partial charge in [-0.15, -0.1) is 11.3 Å². The second-order valence-corrected chi connectivity index (χ2v) is 12.0. The van der Waals surface area contributed by atoms with Gasteiger partial charge >= 0.3 is 0 Å². The summed E-state index contributed by atoms with van der Waals surface area (Å²) in [5.41, 5.74) is 10.4. The van der Waals surface area contributed by atoms with Gasteiger partial charge < -0.3 is 0 Å². The van der Waals surface area contributed by atoms with Crippen molar-refractivity contribution in [3.05, 3.63) is 97.8 Å². The molecule has 168 valence electrons. The van der Waals surface area contributed by atoms with E-state index in [0.29, 0.717) is 17.8 Å². The Labute approximate surface area is 202 Å². The Hall–Kier alpha value is -2.12. The summed E-state index contributed by atoms with van der Waals surface area (Å²) in [5, 5.41) is 0. The van der Waals surface area contributed by atoms with Crippen LogP contribution >= 0.6 is 11.3 Å². The molecule has 0 aliphatic heterocycles. The van der Waals surface area contributed by atoms with Crippen molar-refractivity contribution in [3.8, 4) is 0 Å². The Bertz CT molecular complexity index is 1180. The highest BCUT2D eigenvalue weighted by atomic mass is 32.1. The first kappa shape index (κ1) is 20.3. The van der Waals surface area contributed by atoms with Crippen LogP contribution in [0.2, 0.25) is 0 Å². The SMILES string of the molecule is C1=CC2C(=C(C3CCc4c(sc5c4C=CCC5)C3)C3CCCC=C3C2c2ccccc2)CC1. The predicted molar refractivity (Wildman–Crippen MR) is 141 cm³/mol. The zero-order chi connectivity index (χ0) is 21.8. The highest BCUT2D eigenvalue weighted by Crippen LogP contribution is 2.56. The van der Waals surface area contributed by atoms with Gasteiger partial charge in [0.2, 0.25) is 0 Å². The molecule has 0 amide bonds. The van der Waals surface area contributed by atoms with Gasteiger partial charge in [0.15, 0.2) is 0 Å². The molecule has 0 nitrogen and oxygen atoms in total. The van der Waals surface area contributed by atoms with Crippen LogP contribution in [0.25, 0.3) is 6.08 Å². The molecule has 1 aromatic heterocycles. The van der Waals surface area contributed by atoms with Gasteiger partial charge in [0, 0.05) is 27.5 Å². The quantitative estimate of drug-likeness (QED) is 0.402. The maximum Gasteiger partial charge on any atom is 0.0154 e. The maximum absolute atomic E-state index is 2.66. The molecule has 2 aromatic rings. The number of allylic oxidation sites excluding steroid dienone is 7. The molecule has 0 fully saturated rings. The lowest BCUT2D eigenvalue weighted by molar-refractivity contribution is 0.382. The summed E-state index contributed by atoms with van der Waals surface area (Å²) in [4.78, 5) is 3.40. The summed E-state index contributed by atoms with van der Waals surface area (Å²) < 4.78 is 0. The van der Waals surface area contributed by atoms with Crippen molar-refractivity contribution in [2.45, 2.75) is 70.1 Å². The minimum Gasteiger partial charge on any atom is -0.144 e. The fourth-order valence-corrected chi connectivity index (χ4v) is 9.20. The molecule has 1 heterocycles. The topological polar surface area (TPSA) is 0 Å². The van der Waals surface area contributed by atoms with Crippen LogP contribution in [-0.4, -0.2) is 0 Å². The average molecular weight is 451 g/mol. The number of hydrogen-bond acceptors (Lipinski definition) is 1. The van der Waals surface area contributed by atoms with Gasteiger partial charge in [-0.3, -0.25) is 0 Å². The smallest absolute Gasteiger partial charge is 0.0154 e. The zero-order valence-corrected chi connectivity index (χ0v) is 20.4. The minimum atomic E-state index is 0.560. The highest BCUT2D eigenvalue weighted by Gasteiger charge is 2.43. The van der Waals surface area contributed by atoms with Crippen molar-refractivity contribution in [1.29, 1.82) is 0 Å². The third-order valence-corrected chi connectivity index (χ3v) is 10.4. The summed E-state index contributed by atoms with van der Waals surface area (Å²) in [6.07, 6.45) is 25.5. The Morgan fingerprint density at radius 2 is 1.76 bits per heavy atom. The number of rotatable bonds is 2. The molecule has 5 aliphatic carbocycles. The lowest BCUT2D eigenvalue weighted by atomic mass is 9.57. The van der Waals surface area contributed by atoms with Gasteiger partial charge in [-0.25, -0.2) is 0 Å². The second kappa shape index (κ2) is 8.27. The molecule has 0 saturated carbocycles. The molecule has 1 heteroatoms. The third-order valence-electron chi connectivity index (χ3n) is 9.07. The zero-order valence-electron chi connectivity index (χ0n) is 19.6. The molecule has 33 heavy (non-hydrogen) atoms. The number of thiophene rings is 1. The normalized spacial score (nSPS) is 30.2. The van der Waals surface area contributed by atoms with Crippen molar-refractivity contribution in [2.75, 3.05) is 0 Å². The molecule has 5 aliphatic rings. The predicted octanol–water partition coefficient (Wildman–Crippen LogP) is 8.60. The van der Waals surface area contributed by atoms with E-state index in [2.05, 4.69) is 72.0 Å².